The highest BCUT2D eigenvalue weighted by atomic mass is 32.2. The first kappa shape index (κ1) is 15.5. The Morgan fingerprint density at radius 2 is 2.05 bits per heavy atom. The lowest BCUT2D eigenvalue weighted by atomic mass is 10.2. The van der Waals surface area contributed by atoms with Crippen LogP contribution in [0.5, 0.6) is 0 Å². The Labute approximate surface area is 120 Å². The van der Waals surface area contributed by atoms with E-state index in [0.717, 1.165) is 12.1 Å². The van der Waals surface area contributed by atoms with Crippen molar-refractivity contribution in [3.05, 3.63) is 47.5 Å². The van der Waals surface area contributed by atoms with Gasteiger partial charge in [-0.3, -0.25) is 0 Å². The Morgan fingerprint density at radius 3 is 2.67 bits per heavy atom. The summed E-state index contributed by atoms with van der Waals surface area (Å²) in [7, 11) is -2.59. The molecule has 1 aromatic carbocycles. The Bertz CT molecular complexity index is 717. The summed E-state index contributed by atoms with van der Waals surface area (Å²) in [5.74, 6) is -1.51. The summed E-state index contributed by atoms with van der Waals surface area (Å²) < 4.78 is 54.0. The number of sulfonamides is 1. The van der Waals surface area contributed by atoms with E-state index in [0.29, 0.717) is 5.82 Å². The molecule has 0 amide bonds. The molecule has 114 valence electrons. The van der Waals surface area contributed by atoms with E-state index in [1.165, 1.54) is 19.4 Å². The molecule has 0 bridgehead atoms. The maximum Gasteiger partial charge on any atom is 0.243 e. The van der Waals surface area contributed by atoms with E-state index in [1.54, 1.807) is 0 Å². The van der Waals surface area contributed by atoms with Gasteiger partial charge in [-0.05, 0) is 19.2 Å². The number of halogens is 2. The van der Waals surface area contributed by atoms with Crippen molar-refractivity contribution in [2.24, 2.45) is 0 Å². The first-order valence-corrected chi connectivity index (χ1v) is 7.53. The van der Waals surface area contributed by atoms with Gasteiger partial charge < -0.3 is 10.3 Å². The third-order valence-corrected chi connectivity index (χ3v) is 4.20. The van der Waals surface area contributed by atoms with Crippen molar-refractivity contribution >= 4 is 10.0 Å². The van der Waals surface area contributed by atoms with Gasteiger partial charge in [-0.25, -0.2) is 26.9 Å². The van der Waals surface area contributed by atoms with Gasteiger partial charge in [-0.2, -0.15) is 0 Å². The van der Waals surface area contributed by atoms with Gasteiger partial charge in [0.15, 0.2) is 5.82 Å². The van der Waals surface area contributed by atoms with Crippen molar-refractivity contribution < 1.29 is 17.2 Å². The summed E-state index contributed by atoms with van der Waals surface area (Å²) in [4.78, 5) is 5.97. The lowest BCUT2D eigenvalue weighted by Gasteiger charge is -2.10. The predicted octanol–water partition coefficient (Wildman–Crippen LogP) is 0.886. The number of aromatic nitrogens is 2. The van der Waals surface area contributed by atoms with Gasteiger partial charge in [0.1, 0.15) is 16.5 Å². The van der Waals surface area contributed by atoms with E-state index in [1.807, 2.05) is 0 Å². The number of rotatable bonds is 6. The van der Waals surface area contributed by atoms with Crippen LogP contribution in [0.3, 0.4) is 0 Å². The zero-order valence-electron chi connectivity index (χ0n) is 11.2. The lowest BCUT2D eigenvalue weighted by molar-refractivity contribution is 0.517. The summed E-state index contributed by atoms with van der Waals surface area (Å²) in [5.41, 5.74) is -0.321. The molecule has 0 aliphatic heterocycles. The van der Waals surface area contributed by atoms with E-state index < -0.39 is 26.6 Å². The number of benzene rings is 1. The highest BCUT2D eigenvalue weighted by Gasteiger charge is 2.23. The van der Waals surface area contributed by atoms with Gasteiger partial charge in [0, 0.05) is 24.5 Å². The molecule has 3 N–H and O–H groups in total. The quantitative estimate of drug-likeness (QED) is 0.738. The highest BCUT2D eigenvalue weighted by molar-refractivity contribution is 7.89. The molecule has 0 saturated heterocycles. The molecule has 2 rings (SSSR count). The largest absolute Gasteiger partial charge is 0.347 e. The minimum Gasteiger partial charge on any atom is -0.347 e. The molecule has 0 fully saturated rings. The Hall–Kier alpha value is -1.84. The normalized spacial score (nSPS) is 11.8. The van der Waals surface area contributed by atoms with Crippen molar-refractivity contribution in [2.75, 3.05) is 7.05 Å². The zero-order valence-corrected chi connectivity index (χ0v) is 12.0. The van der Waals surface area contributed by atoms with Gasteiger partial charge in [0.25, 0.3) is 0 Å². The fraction of sp³-hybridized carbons (Fsp3) is 0.250. The molecule has 0 atom stereocenters. The van der Waals surface area contributed by atoms with E-state index in [2.05, 4.69) is 20.0 Å². The SMILES string of the molecule is CNCc1c(F)ccc(S(=O)(=O)NCc2ncc[nH]2)c1F. The molecular formula is C12H14F2N4O2S. The van der Waals surface area contributed by atoms with Gasteiger partial charge in [0.05, 0.1) is 6.54 Å². The fourth-order valence-electron chi connectivity index (χ4n) is 1.76. The summed E-state index contributed by atoms with van der Waals surface area (Å²) in [5, 5.41) is 2.59. The van der Waals surface area contributed by atoms with Gasteiger partial charge >= 0.3 is 0 Å². The first-order valence-electron chi connectivity index (χ1n) is 6.05. The average Bonchev–Trinajstić information content (AvgIpc) is 2.94. The smallest absolute Gasteiger partial charge is 0.243 e. The monoisotopic (exact) mass is 316 g/mol. The summed E-state index contributed by atoms with van der Waals surface area (Å²) in [6.07, 6.45) is 3.00. The van der Waals surface area contributed by atoms with Crippen LogP contribution in [0.1, 0.15) is 11.4 Å². The van der Waals surface area contributed by atoms with E-state index in [-0.39, 0.29) is 18.7 Å². The standard InChI is InChI=1S/C12H14F2N4O2S/c1-15-6-8-9(13)2-3-10(12(8)14)21(19,20)18-7-11-16-4-5-17-11/h2-5,15,18H,6-7H2,1H3,(H,16,17). The Kier molecular flexibility index (Phi) is 4.66. The van der Waals surface area contributed by atoms with Crippen LogP contribution in [0, 0.1) is 11.6 Å². The molecule has 9 heteroatoms. The number of hydrogen-bond donors (Lipinski definition) is 3. The molecule has 0 aliphatic rings. The van der Waals surface area contributed by atoms with Crippen LogP contribution in [-0.2, 0) is 23.1 Å². The minimum absolute atomic E-state index is 0.112. The second-order valence-electron chi connectivity index (χ2n) is 4.23. The molecule has 1 heterocycles. The number of imidazole rings is 1. The summed E-state index contributed by atoms with van der Waals surface area (Å²) in [6, 6.07) is 1.82. The van der Waals surface area contributed by atoms with Gasteiger partial charge in [-0.1, -0.05) is 0 Å². The topological polar surface area (TPSA) is 86.9 Å². The molecule has 1 aromatic heterocycles. The summed E-state index contributed by atoms with van der Waals surface area (Å²) in [6.45, 7) is -0.229. The predicted molar refractivity (Wildman–Crippen MR) is 71.7 cm³/mol. The molecule has 0 radical (unpaired) electrons. The van der Waals surface area contributed by atoms with Crippen molar-refractivity contribution in [3.63, 3.8) is 0 Å². The van der Waals surface area contributed by atoms with Gasteiger partial charge in [0.2, 0.25) is 10.0 Å². The molecule has 0 saturated carbocycles. The van der Waals surface area contributed by atoms with Crippen LogP contribution in [0.15, 0.2) is 29.4 Å². The van der Waals surface area contributed by atoms with Crippen molar-refractivity contribution in [1.82, 2.24) is 20.0 Å². The first-order chi connectivity index (χ1) is 9.95. The van der Waals surface area contributed by atoms with Gasteiger partial charge in [-0.15, -0.1) is 0 Å². The number of hydrogen-bond acceptors (Lipinski definition) is 4. The molecular weight excluding hydrogens is 302 g/mol. The van der Waals surface area contributed by atoms with Crippen LogP contribution < -0.4 is 10.0 Å². The van der Waals surface area contributed by atoms with Crippen LogP contribution >= 0.6 is 0 Å². The molecule has 0 aliphatic carbocycles. The van der Waals surface area contributed by atoms with Crippen molar-refractivity contribution in [1.29, 1.82) is 0 Å². The lowest BCUT2D eigenvalue weighted by Crippen LogP contribution is -2.25. The van der Waals surface area contributed by atoms with E-state index in [4.69, 9.17) is 0 Å². The van der Waals surface area contributed by atoms with Crippen LogP contribution in [0.2, 0.25) is 0 Å². The third kappa shape index (κ3) is 3.43. The van der Waals surface area contributed by atoms with Crippen LogP contribution in [0.25, 0.3) is 0 Å². The minimum atomic E-state index is -4.10. The van der Waals surface area contributed by atoms with Crippen molar-refractivity contribution in [3.8, 4) is 0 Å². The Balaban J connectivity index is 2.29. The maximum atomic E-state index is 14.2. The average molecular weight is 316 g/mol. The Morgan fingerprint density at radius 1 is 1.29 bits per heavy atom. The second-order valence-corrected chi connectivity index (χ2v) is 5.96. The zero-order chi connectivity index (χ0) is 15.5. The highest BCUT2D eigenvalue weighted by Crippen LogP contribution is 2.21. The molecule has 21 heavy (non-hydrogen) atoms. The number of aromatic amines is 1. The molecule has 0 spiro atoms. The van der Waals surface area contributed by atoms with Crippen LogP contribution in [0.4, 0.5) is 8.78 Å². The maximum absolute atomic E-state index is 14.2. The van der Waals surface area contributed by atoms with E-state index in [9.17, 15) is 17.2 Å². The van der Waals surface area contributed by atoms with Crippen LogP contribution in [-0.4, -0.2) is 25.4 Å². The number of nitrogens with one attached hydrogen (secondary N) is 3. The summed E-state index contributed by atoms with van der Waals surface area (Å²) >= 11 is 0. The van der Waals surface area contributed by atoms with Crippen molar-refractivity contribution in [2.45, 2.75) is 18.0 Å². The fourth-order valence-corrected chi connectivity index (χ4v) is 2.85. The van der Waals surface area contributed by atoms with E-state index >= 15 is 0 Å². The molecule has 0 unspecified atom stereocenters. The number of nitrogens with zero attached hydrogens (tertiary/aromatic N) is 1. The number of H-pyrrole nitrogens is 1. The third-order valence-electron chi connectivity index (χ3n) is 2.78. The molecule has 2 aromatic rings. The molecule has 6 nitrogen and oxygen atoms in total. The second kappa shape index (κ2) is 6.29.